The summed E-state index contributed by atoms with van der Waals surface area (Å²) in [6.07, 6.45) is 0. The molecular weight excluding hydrogens is 402 g/mol. The zero-order chi connectivity index (χ0) is 23.5. The van der Waals surface area contributed by atoms with E-state index in [-0.39, 0.29) is 0 Å². The molecule has 31 heavy (non-hydrogen) atoms. The number of hydrogen-bond acceptors (Lipinski definition) is 4. The van der Waals surface area contributed by atoms with Crippen LogP contribution in [0.25, 0.3) is 0 Å². The first-order valence-electron chi connectivity index (χ1n) is 10.8. The van der Waals surface area contributed by atoms with Crippen LogP contribution in [0.5, 0.6) is 0 Å². The van der Waals surface area contributed by atoms with Crippen molar-refractivity contribution in [3.8, 4) is 0 Å². The molecule has 7 heteroatoms. The Bertz CT molecular complexity index is 799. The van der Waals surface area contributed by atoms with Gasteiger partial charge in [-0.1, -0.05) is 69.8 Å². The molecule has 2 N–H and O–H groups in total. The topological polar surface area (TPSA) is 58.9 Å². The highest BCUT2D eigenvalue weighted by Crippen LogP contribution is 2.24. The molecule has 4 nitrogen and oxygen atoms in total. The maximum atomic E-state index is 10.3. The predicted molar refractivity (Wildman–Crippen MR) is 134 cm³/mol. The minimum atomic E-state index is -0.950. The molecule has 0 bridgehead atoms. The van der Waals surface area contributed by atoms with Gasteiger partial charge in [-0.05, 0) is 55.4 Å². The van der Waals surface area contributed by atoms with Crippen molar-refractivity contribution in [1.29, 1.82) is 0 Å². The standard InChI is InChI=1S/C24H36B2O4Si/c1-21(2,27)23(5,6)29-25-17-11-9-13-19(15-17)31-20-14-10-12-18(16-20)26-30-24(7,8)22(3,4)28/h9-16,27-28H,31H2,1-8H3. The van der Waals surface area contributed by atoms with Crippen LogP contribution in [0.4, 0.5) is 0 Å². The Kier molecular flexibility index (Phi) is 8.04. The lowest BCUT2D eigenvalue weighted by atomic mass is 9.82. The number of aliphatic hydroxyl groups is 2. The Balaban J connectivity index is 2.04. The zero-order valence-corrected chi connectivity index (χ0v) is 21.6. The Morgan fingerprint density at radius 3 is 1.32 bits per heavy atom. The predicted octanol–water partition coefficient (Wildman–Crippen LogP) is 0.427. The van der Waals surface area contributed by atoms with E-state index in [1.807, 2.05) is 52.0 Å². The molecule has 0 aromatic heterocycles. The lowest BCUT2D eigenvalue weighted by Crippen LogP contribution is -2.49. The summed E-state index contributed by atoms with van der Waals surface area (Å²) in [5, 5.41) is 23.1. The van der Waals surface area contributed by atoms with Crippen molar-refractivity contribution < 1.29 is 19.5 Å². The maximum absolute atomic E-state index is 10.3. The van der Waals surface area contributed by atoms with E-state index < -0.39 is 31.9 Å². The van der Waals surface area contributed by atoms with Gasteiger partial charge in [0.15, 0.2) is 0 Å². The van der Waals surface area contributed by atoms with Crippen LogP contribution >= 0.6 is 0 Å². The van der Waals surface area contributed by atoms with E-state index >= 15 is 0 Å². The molecule has 0 heterocycles. The molecule has 0 spiro atoms. The molecule has 2 radical (unpaired) electrons. The van der Waals surface area contributed by atoms with E-state index in [1.54, 1.807) is 42.7 Å². The van der Waals surface area contributed by atoms with E-state index in [1.165, 1.54) is 10.4 Å². The maximum Gasteiger partial charge on any atom is 0.330 e. The van der Waals surface area contributed by atoms with Crippen LogP contribution < -0.4 is 21.3 Å². The molecule has 0 amide bonds. The first-order chi connectivity index (χ1) is 14.1. The molecular formula is C24H36B2O4Si. The summed E-state index contributed by atoms with van der Waals surface area (Å²) in [7, 11) is 2.77. The fourth-order valence-corrected chi connectivity index (χ4v) is 4.16. The molecule has 0 atom stereocenters. The van der Waals surface area contributed by atoms with Crippen molar-refractivity contribution in [2.45, 2.75) is 77.8 Å². The summed E-state index contributed by atoms with van der Waals surface area (Å²) >= 11 is 0. The molecule has 0 saturated heterocycles. The van der Waals surface area contributed by atoms with Gasteiger partial charge in [0.1, 0.15) is 0 Å². The van der Waals surface area contributed by atoms with Gasteiger partial charge in [-0.25, -0.2) is 0 Å². The van der Waals surface area contributed by atoms with E-state index in [2.05, 4.69) is 24.3 Å². The van der Waals surface area contributed by atoms with Crippen LogP contribution in [0.1, 0.15) is 55.4 Å². The number of hydrogen-bond donors (Lipinski definition) is 2. The van der Waals surface area contributed by atoms with Crippen molar-refractivity contribution in [3.63, 3.8) is 0 Å². The van der Waals surface area contributed by atoms with Crippen molar-refractivity contribution in [3.05, 3.63) is 48.5 Å². The summed E-state index contributed by atoms with van der Waals surface area (Å²) in [4.78, 5) is 0. The van der Waals surface area contributed by atoms with Gasteiger partial charge in [0.25, 0.3) is 0 Å². The molecule has 0 aliphatic heterocycles. The van der Waals surface area contributed by atoms with Gasteiger partial charge in [-0.3, -0.25) is 0 Å². The lowest BCUT2D eigenvalue weighted by Gasteiger charge is -2.37. The van der Waals surface area contributed by atoms with Crippen LogP contribution in [0.15, 0.2) is 48.5 Å². The van der Waals surface area contributed by atoms with Crippen molar-refractivity contribution in [2.24, 2.45) is 0 Å². The molecule has 0 aliphatic rings. The van der Waals surface area contributed by atoms with Gasteiger partial charge in [-0.15, -0.1) is 0 Å². The van der Waals surface area contributed by atoms with E-state index in [9.17, 15) is 10.2 Å². The molecule has 166 valence electrons. The fourth-order valence-electron chi connectivity index (χ4n) is 2.51. The highest BCUT2D eigenvalue weighted by Gasteiger charge is 2.36. The highest BCUT2D eigenvalue weighted by atomic mass is 28.2. The fraction of sp³-hybridized carbons (Fsp3) is 0.500. The van der Waals surface area contributed by atoms with Gasteiger partial charge >= 0.3 is 15.0 Å². The third-order valence-corrected chi connectivity index (χ3v) is 7.93. The van der Waals surface area contributed by atoms with Gasteiger partial charge in [0.2, 0.25) is 0 Å². The van der Waals surface area contributed by atoms with Gasteiger partial charge < -0.3 is 19.5 Å². The smallest absolute Gasteiger partial charge is 0.330 e. The molecule has 0 unspecified atom stereocenters. The molecule has 2 aromatic carbocycles. The summed E-state index contributed by atoms with van der Waals surface area (Å²) in [6, 6.07) is 16.7. The first kappa shape index (κ1) is 25.9. The quantitative estimate of drug-likeness (QED) is 0.529. The number of benzene rings is 2. The average Bonchev–Trinajstić information content (AvgIpc) is 2.64. The average molecular weight is 438 g/mol. The Labute approximate surface area is 191 Å². The summed E-state index contributed by atoms with van der Waals surface area (Å²) in [5.74, 6) is 0. The summed E-state index contributed by atoms with van der Waals surface area (Å²) in [5.41, 5.74) is -1.31. The van der Waals surface area contributed by atoms with Crippen molar-refractivity contribution in [1.82, 2.24) is 0 Å². The normalized spacial score (nSPS) is 13.2. The molecule has 0 aliphatic carbocycles. The monoisotopic (exact) mass is 438 g/mol. The largest absolute Gasteiger partial charge is 0.427 e. The second kappa shape index (κ2) is 9.63. The zero-order valence-electron chi connectivity index (χ0n) is 20.2. The third kappa shape index (κ3) is 7.33. The van der Waals surface area contributed by atoms with Crippen molar-refractivity contribution in [2.75, 3.05) is 0 Å². The second-order valence-corrected chi connectivity index (χ2v) is 12.3. The van der Waals surface area contributed by atoms with Crippen LogP contribution in [-0.4, -0.2) is 57.1 Å². The van der Waals surface area contributed by atoms with Crippen LogP contribution in [0.3, 0.4) is 0 Å². The third-order valence-electron chi connectivity index (χ3n) is 6.24. The number of rotatable bonds is 10. The SMILES string of the molecule is CC(C)(O)C(C)(C)O[B]c1cccc([SiH2]c2cccc([B]OC(C)(C)C(C)(C)O)c2)c1. The van der Waals surface area contributed by atoms with Gasteiger partial charge in [0.05, 0.1) is 31.9 Å². The summed E-state index contributed by atoms with van der Waals surface area (Å²) in [6.45, 7) is 14.5. The molecule has 0 saturated carbocycles. The Hall–Kier alpha value is -1.37. The molecule has 2 rings (SSSR count). The van der Waals surface area contributed by atoms with E-state index in [0.29, 0.717) is 0 Å². The van der Waals surface area contributed by atoms with Crippen LogP contribution in [0.2, 0.25) is 0 Å². The molecule has 2 aromatic rings. The molecule has 0 fully saturated rings. The van der Waals surface area contributed by atoms with Crippen LogP contribution in [0, 0.1) is 0 Å². The Morgan fingerprint density at radius 1 is 0.645 bits per heavy atom. The second-order valence-electron chi connectivity index (χ2n) is 10.3. The van der Waals surface area contributed by atoms with Gasteiger partial charge in [0, 0.05) is 0 Å². The summed E-state index contributed by atoms with van der Waals surface area (Å²) < 4.78 is 11.8. The minimum Gasteiger partial charge on any atom is -0.427 e. The van der Waals surface area contributed by atoms with Crippen molar-refractivity contribution >= 4 is 45.8 Å². The highest BCUT2D eigenvalue weighted by molar-refractivity contribution is 6.68. The van der Waals surface area contributed by atoms with E-state index in [0.717, 1.165) is 10.9 Å². The van der Waals surface area contributed by atoms with Crippen LogP contribution in [-0.2, 0) is 9.31 Å². The Morgan fingerprint density at radius 2 is 1.00 bits per heavy atom. The minimum absolute atomic E-state index is 0.684. The van der Waals surface area contributed by atoms with E-state index in [4.69, 9.17) is 9.31 Å². The lowest BCUT2D eigenvalue weighted by molar-refractivity contribution is -0.0893. The van der Waals surface area contributed by atoms with Gasteiger partial charge in [-0.2, -0.15) is 0 Å². The first-order valence-corrected chi connectivity index (χ1v) is 12.2.